The van der Waals surface area contributed by atoms with Crippen LogP contribution in [0.2, 0.25) is 0 Å². The van der Waals surface area contributed by atoms with Crippen molar-refractivity contribution in [3.05, 3.63) is 41.0 Å². The Kier molecular flexibility index (Phi) is 15.6. The maximum absolute atomic E-state index is 13.8. The van der Waals surface area contributed by atoms with E-state index in [2.05, 4.69) is 15.6 Å². The second-order valence-corrected chi connectivity index (χ2v) is 14.7. The molecule has 0 aliphatic carbocycles. The molecule has 5 N–H and O–H groups in total. The van der Waals surface area contributed by atoms with Gasteiger partial charge in [-0.25, -0.2) is 4.98 Å². The highest BCUT2D eigenvalue weighted by Crippen LogP contribution is 2.28. The summed E-state index contributed by atoms with van der Waals surface area (Å²) in [6.07, 6.45) is 12.5. The summed E-state index contributed by atoms with van der Waals surface area (Å²) in [7, 11) is 0. The predicted octanol–water partition coefficient (Wildman–Crippen LogP) is 5.87. The van der Waals surface area contributed by atoms with Crippen LogP contribution in [0, 0.1) is 12.3 Å². The van der Waals surface area contributed by atoms with E-state index in [1.54, 1.807) is 11.3 Å². The first-order valence-corrected chi connectivity index (χ1v) is 18.1. The molecule has 2 heterocycles. The number of hydrogen-bond acceptors (Lipinski definition) is 7. The normalized spacial score (nSPS) is 17.2. The summed E-state index contributed by atoms with van der Waals surface area (Å²) < 4.78 is 0. The van der Waals surface area contributed by atoms with E-state index in [1.165, 1.54) is 49.8 Å². The molecule has 1 aromatic carbocycles. The minimum Gasteiger partial charge on any atom is -0.391 e. The van der Waals surface area contributed by atoms with Crippen LogP contribution in [0.25, 0.3) is 10.4 Å². The Labute approximate surface area is 280 Å². The minimum atomic E-state index is -0.798. The highest BCUT2D eigenvalue weighted by Gasteiger charge is 2.44. The molecule has 1 aliphatic rings. The molecular weight excluding hydrogens is 598 g/mol. The molecular formula is C36H57N5O4S. The molecule has 3 amide bonds. The molecule has 2 aromatic rings. The third-order valence-corrected chi connectivity index (χ3v) is 9.80. The number of carbonyl (C=O) groups is 3. The number of carbonyl (C=O) groups excluding carboxylic acids is 3. The zero-order valence-corrected chi connectivity index (χ0v) is 29.3. The fraction of sp³-hybridized carbons (Fsp3) is 0.667. The lowest BCUT2D eigenvalue weighted by Crippen LogP contribution is -2.57. The van der Waals surface area contributed by atoms with Crippen molar-refractivity contribution in [1.29, 1.82) is 0 Å². The van der Waals surface area contributed by atoms with Gasteiger partial charge in [0.15, 0.2) is 0 Å². The third-order valence-electron chi connectivity index (χ3n) is 8.82. The van der Waals surface area contributed by atoms with Crippen molar-refractivity contribution in [3.8, 4) is 10.4 Å². The van der Waals surface area contributed by atoms with Gasteiger partial charge in [0, 0.05) is 25.9 Å². The van der Waals surface area contributed by atoms with Gasteiger partial charge in [0.05, 0.1) is 22.2 Å². The quantitative estimate of drug-likeness (QED) is 0.140. The molecule has 0 saturated carbocycles. The number of hydrogen-bond donors (Lipinski definition) is 4. The molecule has 3 atom stereocenters. The van der Waals surface area contributed by atoms with E-state index in [0.717, 1.165) is 53.9 Å². The molecule has 256 valence electrons. The Bertz CT molecular complexity index is 1230. The average Bonchev–Trinajstić information content (AvgIpc) is 3.63. The number of nitrogens with two attached hydrogens (primary N) is 1. The van der Waals surface area contributed by atoms with E-state index in [0.29, 0.717) is 13.0 Å². The van der Waals surface area contributed by atoms with Gasteiger partial charge in [-0.15, -0.1) is 11.3 Å². The molecule has 0 radical (unpaired) electrons. The number of benzene rings is 1. The molecule has 0 unspecified atom stereocenters. The molecule has 1 saturated heterocycles. The van der Waals surface area contributed by atoms with Gasteiger partial charge in [-0.2, -0.15) is 0 Å². The molecule has 3 rings (SSSR count). The topological polar surface area (TPSA) is 138 Å². The predicted molar refractivity (Wildman–Crippen MR) is 186 cm³/mol. The van der Waals surface area contributed by atoms with Crippen LogP contribution in [0.5, 0.6) is 0 Å². The summed E-state index contributed by atoms with van der Waals surface area (Å²) in [5.41, 5.74) is 9.81. The minimum absolute atomic E-state index is 0.0654. The number of aliphatic hydroxyl groups excluding tert-OH is 1. The van der Waals surface area contributed by atoms with Crippen molar-refractivity contribution in [3.63, 3.8) is 0 Å². The van der Waals surface area contributed by atoms with Crippen molar-refractivity contribution in [2.45, 2.75) is 136 Å². The van der Waals surface area contributed by atoms with Crippen molar-refractivity contribution >= 4 is 29.1 Å². The summed E-state index contributed by atoms with van der Waals surface area (Å²) >= 11 is 1.59. The average molecular weight is 656 g/mol. The second-order valence-electron chi connectivity index (χ2n) is 13.9. The van der Waals surface area contributed by atoms with Crippen LogP contribution in [0.1, 0.15) is 115 Å². The van der Waals surface area contributed by atoms with E-state index in [1.807, 2.05) is 57.5 Å². The Morgan fingerprint density at radius 3 is 2.11 bits per heavy atom. The number of rotatable bonds is 19. The second kappa shape index (κ2) is 19.1. The van der Waals surface area contributed by atoms with Gasteiger partial charge in [0.1, 0.15) is 12.1 Å². The van der Waals surface area contributed by atoms with Crippen molar-refractivity contribution in [2.75, 3.05) is 13.1 Å². The number of β-amino-alcohol motifs (C(OH)–C–C–N with tert-alkyl or cyclic N) is 1. The van der Waals surface area contributed by atoms with Gasteiger partial charge in [-0.1, -0.05) is 103 Å². The Balaban J connectivity index is 1.45. The number of thiazole rings is 1. The first-order chi connectivity index (χ1) is 22.0. The van der Waals surface area contributed by atoms with E-state index in [-0.39, 0.29) is 30.7 Å². The van der Waals surface area contributed by atoms with Crippen molar-refractivity contribution < 1.29 is 19.5 Å². The molecule has 0 spiro atoms. The number of aromatic nitrogens is 1. The molecule has 1 aromatic heterocycles. The number of unbranched alkanes of at least 4 members (excludes halogenated alkanes) is 10. The van der Waals surface area contributed by atoms with Gasteiger partial charge in [-0.3, -0.25) is 14.4 Å². The highest BCUT2D eigenvalue weighted by molar-refractivity contribution is 7.13. The molecule has 10 heteroatoms. The van der Waals surface area contributed by atoms with Crippen LogP contribution in [-0.2, 0) is 20.9 Å². The lowest BCUT2D eigenvalue weighted by atomic mass is 9.85. The van der Waals surface area contributed by atoms with Gasteiger partial charge < -0.3 is 26.4 Å². The maximum Gasteiger partial charge on any atom is 0.246 e. The Morgan fingerprint density at radius 1 is 0.978 bits per heavy atom. The maximum atomic E-state index is 13.8. The van der Waals surface area contributed by atoms with Crippen molar-refractivity contribution in [1.82, 2.24) is 20.5 Å². The summed E-state index contributed by atoms with van der Waals surface area (Å²) in [6.45, 7) is 8.88. The number of nitrogens with one attached hydrogen (secondary N) is 2. The van der Waals surface area contributed by atoms with Crippen LogP contribution >= 0.6 is 11.3 Å². The van der Waals surface area contributed by atoms with Crippen molar-refractivity contribution in [2.24, 2.45) is 11.1 Å². The number of nitrogens with zero attached hydrogens (tertiary/aromatic N) is 2. The van der Waals surface area contributed by atoms with Crippen LogP contribution in [0.4, 0.5) is 0 Å². The third kappa shape index (κ3) is 12.1. The van der Waals surface area contributed by atoms with Crippen LogP contribution in [0.3, 0.4) is 0 Å². The van der Waals surface area contributed by atoms with E-state index < -0.39 is 23.6 Å². The molecule has 9 nitrogen and oxygen atoms in total. The van der Waals surface area contributed by atoms with Gasteiger partial charge in [0.2, 0.25) is 17.7 Å². The van der Waals surface area contributed by atoms with E-state index in [9.17, 15) is 19.5 Å². The number of aliphatic hydroxyl groups is 1. The van der Waals surface area contributed by atoms with Gasteiger partial charge in [0.25, 0.3) is 0 Å². The number of amides is 3. The lowest BCUT2D eigenvalue weighted by Gasteiger charge is -2.35. The SMILES string of the molecule is Cc1ncsc1-c1ccc(CNC(=O)[C@@H]2C[C@@H](O)CN2C(=O)[C@@H](NC(=O)CCCCCCCCCCCCCN)C(C)(C)C)cc1. The zero-order chi connectivity index (χ0) is 33.5. The van der Waals surface area contributed by atoms with Crippen LogP contribution < -0.4 is 16.4 Å². The molecule has 0 bridgehead atoms. The summed E-state index contributed by atoms with van der Waals surface area (Å²) in [5, 5.41) is 16.4. The summed E-state index contributed by atoms with van der Waals surface area (Å²) in [5.74, 6) is -0.786. The fourth-order valence-corrected chi connectivity index (χ4v) is 6.85. The van der Waals surface area contributed by atoms with Crippen LogP contribution in [-0.4, -0.2) is 64.0 Å². The standard InChI is InChI=1S/C36H57N5O4S/c1-26-32(46-25-39-26)28-19-17-27(18-20-28)23-38-34(44)30-22-29(42)24-41(30)35(45)33(36(2,3)4)40-31(43)16-14-12-10-8-6-5-7-9-11-13-15-21-37/h17-20,25,29-30,33,42H,5-16,21-24,37H2,1-4H3,(H,38,44)(H,40,43)/t29-,30+,33-/m1/s1. The first kappa shape index (κ1) is 37.6. The highest BCUT2D eigenvalue weighted by atomic mass is 32.1. The Hall–Kier alpha value is -2.82. The summed E-state index contributed by atoms with van der Waals surface area (Å²) in [6, 6.07) is 6.38. The first-order valence-electron chi connectivity index (χ1n) is 17.3. The number of aryl methyl sites for hydroxylation is 1. The van der Waals surface area contributed by atoms with E-state index >= 15 is 0 Å². The largest absolute Gasteiger partial charge is 0.391 e. The lowest BCUT2D eigenvalue weighted by molar-refractivity contribution is -0.144. The Morgan fingerprint density at radius 2 is 1.57 bits per heavy atom. The van der Waals surface area contributed by atoms with Gasteiger partial charge in [-0.05, 0) is 42.9 Å². The smallest absolute Gasteiger partial charge is 0.246 e. The fourth-order valence-electron chi connectivity index (χ4n) is 6.03. The summed E-state index contributed by atoms with van der Waals surface area (Å²) in [4.78, 5) is 46.9. The molecule has 46 heavy (non-hydrogen) atoms. The monoisotopic (exact) mass is 655 g/mol. The molecule has 1 aliphatic heterocycles. The molecule has 1 fully saturated rings. The van der Waals surface area contributed by atoms with Gasteiger partial charge >= 0.3 is 0 Å². The zero-order valence-electron chi connectivity index (χ0n) is 28.5. The van der Waals surface area contributed by atoms with E-state index in [4.69, 9.17) is 5.73 Å². The number of likely N-dealkylation sites (tertiary alicyclic amines) is 1. The van der Waals surface area contributed by atoms with Crippen LogP contribution in [0.15, 0.2) is 29.8 Å².